The molecule has 0 unspecified atom stereocenters. The van der Waals surface area contributed by atoms with E-state index in [0.717, 1.165) is 11.5 Å². The lowest BCUT2D eigenvalue weighted by Gasteiger charge is -2.06. The summed E-state index contributed by atoms with van der Waals surface area (Å²) in [5.74, 6) is 1.32. The summed E-state index contributed by atoms with van der Waals surface area (Å²) in [5, 5.41) is 6.75. The Hall–Kier alpha value is -1.81. The predicted octanol–water partition coefficient (Wildman–Crippen LogP) is 2.92. The molecule has 0 bridgehead atoms. The first-order valence-electron chi connectivity index (χ1n) is 4.81. The summed E-state index contributed by atoms with van der Waals surface area (Å²) in [6, 6.07) is 9.23. The first-order valence-corrected chi connectivity index (χ1v) is 5.19. The summed E-state index contributed by atoms with van der Waals surface area (Å²) in [7, 11) is 1.78. The normalized spacial score (nSPS) is 9.88. The number of hydrogen-bond acceptors (Lipinski definition) is 4. The fourth-order valence-corrected chi connectivity index (χ4v) is 1.36. The van der Waals surface area contributed by atoms with Crippen LogP contribution in [0, 0.1) is 0 Å². The molecule has 16 heavy (non-hydrogen) atoms. The molecule has 1 aromatic carbocycles. The Morgan fingerprint density at radius 1 is 1.12 bits per heavy atom. The van der Waals surface area contributed by atoms with E-state index in [9.17, 15) is 0 Å². The van der Waals surface area contributed by atoms with E-state index >= 15 is 0 Å². The molecule has 0 aliphatic rings. The zero-order chi connectivity index (χ0) is 11.4. The molecule has 82 valence electrons. The highest BCUT2D eigenvalue weighted by atomic mass is 35.5. The van der Waals surface area contributed by atoms with Gasteiger partial charge in [0.2, 0.25) is 5.95 Å². The van der Waals surface area contributed by atoms with Crippen LogP contribution in [-0.2, 0) is 0 Å². The van der Waals surface area contributed by atoms with Crippen LogP contribution in [-0.4, -0.2) is 17.0 Å². The van der Waals surface area contributed by atoms with Crippen molar-refractivity contribution in [3.05, 3.63) is 41.6 Å². The molecule has 0 amide bonds. The Kier molecular flexibility index (Phi) is 3.22. The van der Waals surface area contributed by atoms with Crippen LogP contribution in [0.4, 0.5) is 17.5 Å². The quantitative estimate of drug-likeness (QED) is 0.858. The van der Waals surface area contributed by atoms with Crippen LogP contribution in [0.15, 0.2) is 36.5 Å². The number of nitrogens with zero attached hydrogens (tertiary/aromatic N) is 2. The number of aromatic nitrogens is 2. The van der Waals surface area contributed by atoms with E-state index in [2.05, 4.69) is 20.6 Å². The van der Waals surface area contributed by atoms with Crippen LogP contribution >= 0.6 is 11.6 Å². The van der Waals surface area contributed by atoms with Gasteiger partial charge >= 0.3 is 0 Å². The fourth-order valence-electron chi connectivity index (χ4n) is 1.23. The van der Waals surface area contributed by atoms with E-state index in [1.54, 1.807) is 19.3 Å². The molecule has 2 N–H and O–H groups in total. The van der Waals surface area contributed by atoms with Crippen LogP contribution in [0.5, 0.6) is 0 Å². The molecule has 2 aromatic rings. The third-order valence-corrected chi connectivity index (χ3v) is 2.25. The SMILES string of the molecule is CNc1nccc(Nc2ccc(Cl)cc2)n1. The van der Waals surface area contributed by atoms with Crippen LogP contribution in [0.1, 0.15) is 0 Å². The van der Waals surface area contributed by atoms with Gasteiger partial charge in [-0.2, -0.15) is 4.98 Å². The second kappa shape index (κ2) is 4.81. The number of anilines is 3. The van der Waals surface area contributed by atoms with Gasteiger partial charge < -0.3 is 10.6 Å². The van der Waals surface area contributed by atoms with Crippen LogP contribution in [0.2, 0.25) is 5.02 Å². The number of rotatable bonds is 3. The average molecular weight is 235 g/mol. The van der Waals surface area contributed by atoms with Gasteiger partial charge in [-0.3, -0.25) is 0 Å². The Morgan fingerprint density at radius 2 is 1.88 bits per heavy atom. The van der Waals surface area contributed by atoms with Gasteiger partial charge in [0.25, 0.3) is 0 Å². The Bertz CT molecular complexity index is 470. The van der Waals surface area contributed by atoms with Crippen LogP contribution in [0.3, 0.4) is 0 Å². The fraction of sp³-hybridized carbons (Fsp3) is 0.0909. The first-order chi connectivity index (χ1) is 7.78. The molecule has 4 nitrogen and oxygen atoms in total. The monoisotopic (exact) mass is 234 g/mol. The van der Waals surface area contributed by atoms with E-state index in [0.29, 0.717) is 11.0 Å². The van der Waals surface area contributed by atoms with E-state index in [1.807, 2.05) is 24.3 Å². The lowest BCUT2D eigenvalue weighted by molar-refractivity contribution is 1.15. The summed E-state index contributed by atoms with van der Waals surface area (Å²) < 4.78 is 0. The van der Waals surface area contributed by atoms with E-state index < -0.39 is 0 Å². The summed E-state index contributed by atoms with van der Waals surface area (Å²) in [6.07, 6.45) is 1.69. The standard InChI is InChI=1S/C11H11ClN4/c1-13-11-14-7-6-10(16-11)15-9-4-2-8(12)3-5-9/h2-7H,1H3,(H2,13,14,15,16). The van der Waals surface area contributed by atoms with Gasteiger partial charge in [-0.05, 0) is 30.3 Å². The van der Waals surface area contributed by atoms with Gasteiger partial charge in [-0.15, -0.1) is 0 Å². The van der Waals surface area contributed by atoms with Gasteiger partial charge in [-0.1, -0.05) is 11.6 Å². The van der Waals surface area contributed by atoms with Crippen molar-refractivity contribution in [1.29, 1.82) is 0 Å². The lowest BCUT2D eigenvalue weighted by atomic mass is 10.3. The molecule has 5 heteroatoms. The highest BCUT2D eigenvalue weighted by Crippen LogP contribution is 2.17. The Labute approximate surface area is 98.7 Å². The number of benzene rings is 1. The van der Waals surface area contributed by atoms with Crippen molar-refractivity contribution in [2.45, 2.75) is 0 Å². The lowest BCUT2D eigenvalue weighted by Crippen LogP contribution is -1.99. The largest absolute Gasteiger partial charge is 0.357 e. The maximum atomic E-state index is 5.80. The maximum Gasteiger partial charge on any atom is 0.224 e. The third-order valence-electron chi connectivity index (χ3n) is 2.00. The minimum Gasteiger partial charge on any atom is -0.357 e. The minimum absolute atomic E-state index is 0.582. The van der Waals surface area contributed by atoms with E-state index in [-0.39, 0.29) is 0 Å². The van der Waals surface area contributed by atoms with Gasteiger partial charge in [0.1, 0.15) is 5.82 Å². The molecule has 0 atom stereocenters. The van der Waals surface area contributed by atoms with Crippen molar-refractivity contribution < 1.29 is 0 Å². The zero-order valence-corrected chi connectivity index (χ0v) is 9.49. The molecule has 0 radical (unpaired) electrons. The molecule has 1 aromatic heterocycles. The van der Waals surface area contributed by atoms with E-state index in [4.69, 9.17) is 11.6 Å². The summed E-state index contributed by atoms with van der Waals surface area (Å²) in [5.41, 5.74) is 0.935. The molecule has 0 aliphatic heterocycles. The van der Waals surface area contributed by atoms with Crippen molar-refractivity contribution in [3.63, 3.8) is 0 Å². The predicted molar refractivity (Wildman–Crippen MR) is 66.3 cm³/mol. The second-order valence-electron chi connectivity index (χ2n) is 3.15. The maximum absolute atomic E-state index is 5.80. The number of nitrogens with one attached hydrogen (secondary N) is 2. The van der Waals surface area contributed by atoms with Crippen LogP contribution in [0.25, 0.3) is 0 Å². The second-order valence-corrected chi connectivity index (χ2v) is 3.58. The molecule has 0 spiro atoms. The molecule has 0 fully saturated rings. The molecule has 0 saturated carbocycles. The molecule has 0 aliphatic carbocycles. The molecule has 2 rings (SSSR count). The van der Waals surface area contributed by atoms with Crippen molar-refractivity contribution in [1.82, 2.24) is 9.97 Å². The highest BCUT2D eigenvalue weighted by Gasteiger charge is 1.98. The van der Waals surface area contributed by atoms with Crippen LogP contribution < -0.4 is 10.6 Å². The van der Waals surface area contributed by atoms with Gasteiger partial charge in [-0.25, -0.2) is 4.98 Å². The Morgan fingerprint density at radius 3 is 2.56 bits per heavy atom. The molecule has 0 saturated heterocycles. The van der Waals surface area contributed by atoms with Gasteiger partial charge in [0.15, 0.2) is 0 Å². The van der Waals surface area contributed by atoms with Crippen molar-refractivity contribution in [2.75, 3.05) is 17.7 Å². The van der Waals surface area contributed by atoms with Crippen molar-refractivity contribution >= 4 is 29.1 Å². The Balaban J connectivity index is 2.16. The number of halogens is 1. The first kappa shape index (κ1) is 10.7. The molecular weight excluding hydrogens is 224 g/mol. The van der Waals surface area contributed by atoms with Crippen molar-refractivity contribution in [3.8, 4) is 0 Å². The highest BCUT2D eigenvalue weighted by molar-refractivity contribution is 6.30. The van der Waals surface area contributed by atoms with Gasteiger partial charge in [0, 0.05) is 24.0 Å². The average Bonchev–Trinajstić information content (AvgIpc) is 2.32. The van der Waals surface area contributed by atoms with Crippen molar-refractivity contribution in [2.24, 2.45) is 0 Å². The smallest absolute Gasteiger partial charge is 0.224 e. The number of hydrogen-bond donors (Lipinski definition) is 2. The molecule has 1 heterocycles. The van der Waals surface area contributed by atoms with E-state index in [1.165, 1.54) is 0 Å². The summed E-state index contributed by atoms with van der Waals surface area (Å²) in [4.78, 5) is 8.27. The minimum atomic E-state index is 0.582. The zero-order valence-electron chi connectivity index (χ0n) is 8.74. The summed E-state index contributed by atoms with van der Waals surface area (Å²) >= 11 is 5.80. The molecular formula is C11H11ClN4. The summed E-state index contributed by atoms with van der Waals surface area (Å²) in [6.45, 7) is 0. The van der Waals surface area contributed by atoms with Gasteiger partial charge in [0.05, 0.1) is 0 Å². The third kappa shape index (κ3) is 2.61. The topological polar surface area (TPSA) is 49.8 Å².